The highest BCUT2D eigenvalue weighted by atomic mass is 32.2. The van der Waals surface area contributed by atoms with Gasteiger partial charge in [-0.2, -0.15) is 5.14 Å². The summed E-state index contributed by atoms with van der Waals surface area (Å²) in [5.74, 6) is -0.405. The SMILES string of the molecule is CC(CC1(C)CCC2(OCCO2)C(C)(C)C1)[S+](N)[O-]. The minimum Gasteiger partial charge on any atom is -0.598 e. The van der Waals surface area contributed by atoms with Crippen LogP contribution in [0.1, 0.15) is 53.4 Å². The first-order valence-corrected chi connectivity index (χ1v) is 8.40. The van der Waals surface area contributed by atoms with Crippen LogP contribution in [0.2, 0.25) is 0 Å². The van der Waals surface area contributed by atoms with E-state index in [4.69, 9.17) is 14.6 Å². The molecule has 1 aliphatic carbocycles. The second-order valence-electron chi connectivity index (χ2n) is 7.16. The van der Waals surface area contributed by atoms with Crippen LogP contribution in [0, 0.1) is 10.8 Å². The highest BCUT2D eigenvalue weighted by Gasteiger charge is 2.56. The minimum atomic E-state index is -1.24. The van der Waals surface area contributed by atoms with Crippen molar-refractivity contribution in [2.75, 3.05) is 13.2 Å². The predicted octanol–water partition coefficient (Wildman–Crippen LogP) is 2.35. The Hall–Kier alpha value is 0.190. The Kier molecular flexibility index (Phi) is 4.25. The molecule has 1 spiro atoms. The molecule has 0 radical (unpaired) electrons. The quantitative estimate of drug-likeness (QED) is 0.810. The second kappa shape index (κ2) is 5.19. The molecular formula is C14H27NO3S. The lowest BCUT2D eigenvalue weighted by atomic mass is 9.60. The van der Waals surface area contributed by atoms with Gasteiger partial charge in [0.1, 0.15) is 5.25 Å². The van der Waals surface area contributed by atoms with Crippen LogP contribution in [0.5, 0.6) is 0 Å². The van der Waals surface area contributed by atoms with E-state index in [0.29, 0.717) is 13.2 Å². The highest BCUT2D eigenvalue weighted by Crippen LogP contribution is 2.56. The number of rotatable bonds is 3. The normalized spacial score (nSPS) is 36.3. The Morgan fingerprint density at radius 1 is 1.21 bits per heavy atom. The molecule has 3 atom stereocenters. The maximum Gasteiger partial charge on any atom is 0.173 e. The third-order valence-electron chi connectivity index (χ3n) is 4.89. The van der Waals surface area contributed by atoms with E-state index >= 15 is 0 Å². The lowest BCUT2D eigenvalue weighted by molar-refractivity contribution is -0.261. The van der Waals surface area contributed by atoms with E-state index in [2.05, 4.69) is 20.8 Å². The van der Waals surface area contributed by atoms with Gasteiger partial charge in [-0.25, -0.2) is 0 Å². The van der Waals surface area contributed by atoms with E-state index < -0.39 is 17.1 Å². The molecule has 2 aliphatic rings. The van der Waals surface area contributed by atoms with Gasteiger partial charge in [0.25, 0.3) is 0 Å². The van der Waals surface area contributed by atoms with Crippen molar-refractivity contribution in [3.8, 4) is 0 Å². The molecule has 2 rings (SSSR count). The standard InChI is InChI=1S/C14H27NO3S/c1-11(19(15)16)9-13(4)5-6-14(12(2,3)10-13)17-7-8-18-14/h11H,5-10,15H2,1-4H3. The van der Waals surface area contributed by atoms with Crippen LogP contribution in [-0.2, 0) is 20.8 Å². The maximum atomic E-state index is 11.4. The van der Waals surface area contributed by atoms with Crippen LogP contribution < -0.4 is 5.14 Å². The summed E-state index contributed by atoms with van der Waals surface area (Å²) in [6.45, 7) is 10.1. The van der Waals surface area contributed by atoms with Crippen molar-refractivity contribution < 1.29 is 14.0 Å². The molecule has 0 aromatic carbocycles. The molecule has 0 aromatic rings. The van der Waals surface area contributed by atoms with Gasteiger partial charge in [-0.15, -0.1) is 0 Å². The summed E-state index contributed by atoms with van der Waals surface area (Å²) in [6, 6.07) is 0. The van der Waals surface area contributed by atoms with E-state index in [1.165, 1.54) is 0 Å². The molecule has 0 amide bonds. The van der Waals surface area contributed by atoms with Crippen LogP contribution in [0.4, 0.5) is 0 Å². The average Bonchev–Trinajstić information content (AvgIpc) is 2.74. The van der Waals surface area contributed by atoms with E-state index in [0.717, 1.165) is 25.7 Å². The van der Waals surface area contributed by atoms with Crippen molar-refractivity contribution in [1.82, 2.24) is 0 Å². The van der Waals surface area contributed by atoms with Crippen molar-refractivity contribution >= 4 is 11.4 Å². The van der Waals surface area contributed by atoms with Gasteiger partial charge in [-0.1, -0.05) is 20.8 Å². The minimum absolute atomic E-state index is 0.0215. The zero-order chi connectivity index (χ0) is 14.3. The maximum absolute atomic E-state index is 11.4. The molecule has 0 bridgehead atoms. The van der Waals surface area contributed by atoms with Crippen LogP contribution >= 0.6 is 0 Å². The fourth-order valence-corrected chi connectivity index (χ4v) is 4.60. The van der Waals surface area contributed by atoms with Crippen molar-refractivity contribution in [2.45, 2.75) is 64.4 Å². The summed E-state index contributed by atoms with van der Waals surface area (Å²) in [4.78, 5) is 0. The largest absolute Gasteiger partial charge is 0.598 e. The van der Waals surface area contributed by atoms with Gasteiger partial charge < -0.3 is 14.0 Å². The summed E-state index contributed by atoms with van der Waals surface area (Å²) in [6.07, 6.45) is 3.87. The fourth-order valence-electron chi connectivity index (χ4n) is 4.03. The predicted molar refractivity (Wildman–Crippen MR) is 76.8 cm³/mol. The van der Waals surface area contributed by atoms with Crippen molar-refractivity contribution in [3.05, 3.63) is 0 Å². The zero-order valence-electron chi connectivity index (χ0n) is 12.5. The Morgan fingerprint density at radius 3 is 2.26 bits per heavy atom. The number of nitrogens with two attached hydrogens (primary N) is 1. The van der Waals surface area contributed by atoms with E-state index in [-0.39, 0.29) is 16.1 Å². The molecule has 2 N–H and O–H groups in total. The van der Waals surface area contributed by atoms with Gasteiger partial charge in [0.05, 0.1) is 13.2 Å². The summed E-state index contributed by atoms with van der Waals surface area (Å²) < 4.78 is 23.3. The van der Waals surface area contributed by atoms with Gasteiger partial charge in [0, 0.05) is 29.6 Å². The molecule has 0 aromatic heterocycles. The summed E-state index contributed by atoms with van der Waals surface area (Å²) in [5, 5.41) is 5.56. The second-order valence-corrected chi connectivity index (χ2v) is 8.63. The molecular weight excluding hydrogens is 262 g/mol. The Bertz CT molecular complexity index is 329. The fraction of sp³-hybridized carbons (Fsp3) is 1.00. The van der Waals surface area contributed by atoms with Gasteiger partial charge in [0.15, 0.2) is 5.79 Å². The summed E-state index contributed by atoms with van der Waals surface area (Å²) in [7, 11) is 0. The average molecular weight is 289 g/mol. The van der Waals surface area contributed by atoms with E-state index in [9.17, 15) is 4.55 Å². The molecule has 1 heterocycles. The molecule has 1 aliphatic heterocycles. The van der Waals surface area contributed by atoms with Crippen molar-refractivity contribution in [1.29, 1.82) is 0 Å². The molecule has 112 valence electrons. The smallest absolute Gasteiger partial charge is 0.173 e. The van der Waals surface area contributed by atoms with Gasteiger partial charge in [-0.05, 0) is 25.2 Å². The monoisotopic (exact) mass is 289 g/mol. The molecule has 5 heteroatoms. The number of hydrogen-bond donors (Lipinski definition) is 1. The first-order chi connectivity index (χ1) is 8.70. The topological polar surface area (TPSA) is 67.5 Å². The number of ether oxygens (including phenoxy) is 2. The Labute approximate surface area is 119 Å². The zero-order valence-corrected chi connectivity index (χ0v) is 13.3. The number of hydrogen-bond acceptors (Lipinski definition) is 4. The molecule has 1 saturated heterocycles. The van der Waals surface area contributed by atoms with Crippen molar-refractivity contribution in [3.63, 3.8) is 0 Å². The Morgan fingerprint density at radius 2 is 1.79 bits per heavy atom. The molecule has 19 heavy (non-hydrogen) atoms. The van der Waals surface area contributed by atoms with E-state index in [1.807, 2.05) is 6.92 Å². The van der Waals surface area contributed by atoms with Gasteiger partial charge >= 0.3 is 0 Å². The van der Waals surface area contributed by atoms with Crippen LogP contribution in [0.25, 0.3) is 0 Å². The lowest BCUT2D eigenvalue weighted by Crippen LogP contribution is -2.53. The molecule has 1 saturated carbocycles. The molecule has 2 fully saturated rings. The lowest BCUT2D eigenvalue weighted by Gasteiger charge is -2.52. The van der Waals surface area contributed by atoms with Crippen LogP contribution in [-0.4, -0.2) is 28.8 Å². The molecule has 3 unspecified atom stereocenters. The summed E-state index contributed by atoms with van der Waals surface area (Å²) in [5.41, 5.74) is 0.144. The Balaban J connectivity index is 2.08. The molecule has 4 nitrogen and oxygen atoms in total. The van der Waals surface area contributed by atoms with Crippen LogP contribution in [0.15, 0.2) is 0 Å². The third-order valence-corrected chi connectivity index (χ3v) is 5.85. The van der Waals surface area contributed by atoms with Crippen LogP contribution in [0.3, 0.4) is 0 Å². The van der Waals surface area contributed by atoms with Gasteiger partial charge in [-0.3, -0.25) is 0 Å². The summed E-state index contributed by atoms with van der Waals surface area (Å²) >= 11 is -1.24. The third kappa shape index (κ3) is 2.95. The van der Waals surface area contributed by atoms with Gasteiger partial charge in [0.2, 0.25) is 0 Å². The highest BCUT2D eigenvalue weighted by molar-refractivity contribution is 7.89. The van der Waals surface area contributed by atoms with E-state index in [1.54, 1.807) is 0 Å². The first kappa shape index (κ1) is 15.6. The first-order valence-electron chi connectivity index (χ1n) is 7.13. The van der Waals surface area contributed by atoms with Crippen molar-refractivity contribution in [2.24, 2.45) is 16.0 Å².